The van der Waals surface area contributed by atoms with Gasteiger partial charge in [-0.2, -0.15) is 0 Å². The molecule has 0 saturated heterocycles. The number of benzene rings is 1. The van der Waals surface area contributed by atoms with Crippen LogP contribution in [0.3, 0.4) is 0 Å². The highest BCUT2D eigenvalue weighted by Crippen LogP contribution is 2.43. The van der Waals surface area contributed by atoms with E-state index < -0.39 is 21.4 Å². The summed E-state index contributed by atoms with van der Waals surface area (Å²) in [6.07, 6.45) is 9.43. The Morgan fingerprint density at radius 3 is 2.76 bits per heavy atom. The lowest BCUT2D eigenvalue weighted by Gasteiger charge is -2.37. The maximum absolute atomic E-state index is 12.0. The molecule has 0 aliphatic heterocycles. The number of alkyl halides is 1. The zero-order valence-electron chi connectivity index (χ0n) is 13.4. The summed E-state index contributed by atoms with van der Waals surface area (Å²) < 4.78 is 5.80. The molecule has 3 unspecified atom stereocenters. The number of carboxylic acid groups (broad SMARTS) is 1. The molecule has 0 amide bonds. The SMILES string of the molecule is C#CC(C=O)C1=C(c2ccccc2Br)C=CC(OCC)(C(=O)O)C1I. The molecule has 1 aliphatic rings. The zero-order valence-corrected chi connectivity index (χ0v) is 17.2. The van der Waals surface area contributed by atoms with Crippen LogP contribution >= 0.6 is 38.5 Å². The number of carbonyl (C=O) groups is 2. The van der Waals surface area contributed by atoms with Crippen molar-refractivity contribution in [3.63, 3.8) is 0 Å². The van der Waals surface area contributed by atoms with Gasteiger partial charge in [0.1, 0.15) is 6.29 Å². The minimum absolute atomic E-state index is 0.218. The Kier molecular flexibility index (Phi) is 6.60. The summed E-state index contributed by atoms with van der Waals surface area (Å²) in [7, 11) is 0. The van der Waals surface area contributed by atoms with Crippen LogP contribution in [0, 0.1) is 18.3 Å². The van der Waals surface area contributed by atoms with E-state index in [1.165, 1.54) is 6.08 Å². The van der Waals surface area contributed by atoms with E-state index in [4.69, 9.17) is 11.2 Å². The van der Waals surface area contributed by atoms with Crippen LogP contribution in [0.15, 0.2) is 46.5 Å². The summed E-state index contributed by atoms with van der Waals surface area (Å²) in [6.45, 7) is 1.95. The minimum Gasteiger partial charge on any atom is -0.479 e. The Morgan fingerprint density at radius 2 is 2.24 bits per heavy atom. The zero-order chi connectivity index (χ0) is 18.6. The highest BCUT2D eigenvalue weighted by Gasteiger charge is 2.49. The molecule has 1 N–H and O–H groups in total. The average Bonchev–Trinajstić information content (AvgIpc) is 2.59. The van der Waals surface area contributed by atoms with Gasteiger partial charge >= 0.3 is 5.97 Å². The van der Waals surface area contributed by atoms with Crippen molar-refractivity contribution in [1.82, 2.24) is 0 Å². The first-order valence-electron chi connectivity index (χ1n) is 7.54. The standard InChI is InChI=1S/C19H16BrIO4/c1-3-12(11-22)16-14(13-7-5-6-8-15(13)20)9-10-19(17(16)21,18(23)24)25-4-2/h1,5-12,17H,4H2,2H3,(H,23,24). The van der Waals surface area contributed by atoms with E-state index in [0.29, 0.717) is 11.9 Å². The monoisotopic (exact) mass is 514 g/mol. The van der Waals surface area contributed by atoms with Gasteiger partial charge in [-0.3, -0.25) is 0 Å². The third kappa shape index (κ3) is 3.59. The number of rotatable bonds is 6. The number of aldehydes is 1. The number of allylic oxidation sites excluding steroid dienone is 2. The van der Waals surface area contributed by atoms with E-state index >= 15 is 0 Å². The summed E-state index contributed by atoms with van der Waals surface area (Å²) in [5.41, 5.74) is 0.572. The third-order valence-electron chi connectivity index (χ3n) is 3.99. The van der Waals surface area contributed by atoms with Crippen LogP contribution in [0.1, 0.15) is 12.5 Å². The van der Waals surface area contributed by atoms with Crippen molar-refractivity contribution in [3.05, 3.63) is 52.0 Å². The highest BCUT2D eigenvalue weighted by atomic mass is 127. The first kappa shape index (κ1) is 19.9. The summed E-state index contributed by atoms with van der Waals surface area (Å²) in [5.74, 6) is 0.506. The first-order chi connectivity index (χ1) is 11.9. The van der Waals surface area contributed by atoms with Crippen molar-refractivity contribution in [1.29, 1.82) is 0 Å². The summed E-state index contributed by atoms with van der Waals surface area (Å²) >= 11 is 5.51. The van der Waals surface area contributed by atoms with Crippen molar-refractivity contribution >= 4 is 56.3 Å². The fourth-order valence-corrected chi connectivity index (χ4v) is 4.68. The average molecular weight is 515 g/mol. The second kappa shape index (κ2) is 8.30. The van der Waals surface area contributed by atoms with Crippen LogP contribution in [-0.4, -0.2) is 33.5 Å². The Morgan fingerprint density at radius 1 is 1.56 bits per heavy atom. The number of hydrogen-bond acceptors (Lipinski definition) is 3. The summed E-state index contributed by atoms with van der Waals surface area (Å²) in [4.78, 5) is 23.6. The molecule has 1 aromatic rings. The maximum Gasteiger partial charge on any atom is 0.341 e. The Hall–Kier alpha value is -1.43. The maximum atomic E-state index is 12.0. The van der Waals surface area contributed by atoms with Crippen LogP contribution in [-0.2, 0) is 14.3 Å². The lowest BCUT2D eigenvalue weighted by atomic mass is 9.78. The Bertz CT molecular complexity index is 793. The predicted octanol–water partition coefficient (Wildman–Crippen LogP) is 3.88. The number of terminal acetylenes is 1. The van der Waals surface area contributed by atoms with E-state index in [2.05, 4.69) is 21.9 Å². The molecule has 3 atom stereocenters. The molecule has 0 aromatic heterocycles. The Labute approximate surface area is 168 Å². The molecule has 25 heavy (non-hydrogen) atoms. The largest absolute Gasteiger partial charge is 0.479 e. The lowest BCUT2D eigenvalue weighted by Crippen LogP contribution is -2.50. The molecule has 1 aromatic carbocycles. The number of aliphatic carboxylic acids is 1. The molecule has 0 radical (unpaired) electrons. The van der Waals surface area contributed by atoms with Gasteiger partial charge < -0.3 is 14.6 Å². The summed E-state index contributed by atoms with van der Waals surface area (Å²) in [5, 5.41) is 9.79. The molecule has 4 nitrogen and oxygen atoms in total. The van der Waals surface area contributed by atoms with Crippen LogP contribution in [0.2, 0.25) is 0 Å². The van der Waals surface area contributed by atoms with Gasteiger partial charge in [0.2, 0.25) is 0 Å². The molecule has 0 saturated carbocycles. The number of halogens is 2. The molecule has 1 aliphatic carbocycles. The number of carboxylic acids is 1. The van der Waals surface area contributed by atoms with Gasteiger partial charge in [-0.05, 0) is 35.8 Å². The molecular formula is C19H16BrIO4. The molecule has 0 fully saturated rings. The van der Waals surface area contributed by atoms with E-state index in [1.54, 1.807) is 13.0 Å². The quantitative estimate of drug-likeness (QED) is 0.271. The van der Waals surface area contributed by atoms with Crippen molar-refractivity contribution < 1.29 is 19.4 Å². The fraction of sp³-hybridized carbons (Fsp3) is 0.263. The molecule has 0 spiro atoms. The molecule has 6 heteroatoms. The third-order valence-corrected chi connectivity index (χ3v) is 6.28. The number of hydrogen-bond donors (Lipinski definition) is 1. The van der Waals surface area contributed by atoms with Gasteiger partial charge in [-0.15, -0.1) is 6.42 Å². The molecule has 2 rings (SSSR count). The Balaban J connectivity index is 2.75. The summed E-state index contributed by atoms with van der Waals surface area (Å²) in [6, 6.07) is 7.51. The fourth-order valence-electron chi connectivity index (χ4n) is 2.81. The van der Waals surface area contributed by atoms with Gasteiger partial charge in [-0.25, -0.2) is 4.79 Å². The van der Waals surface area contributed by atoms with E-state index in [1.807, 2.05) is 46.9 Å². The van der Waals surface area contributed by atoms with Gasteiger partial charge in [0.15, 0.2) is 5.60 Å². The minimum atomic E-state index is -1.56. The van der Waals surface area contributed by atoms with Crippen LogP contribution in [0.5, 0.6) is 0 Å². The highest BCUT2D eigenvalue weighted by molar-refractivity contribution is 14.1. The topological polar surface area (TPSA) is 63.6 Å². The van der Waals surface area contributed by atoms with Gasteiger partial charge in [-0.1, -0.05) is 68.7 Å². The van der Waals surface area contributed by atoms with Crippen LogP contribution in [0.25, 0.3) is 5.57 Å². The number of ether oxygens (including phenoxy) is 1. The van der Waals surface area contributed by atoms with E-state index in [-0.39, 0.29) is 6.61 Å². The normalized spacial score (nSPS) is 23.8. The smallest absolute Gasteiger partial charge is 0.341 e. The van der Waals surface area contributed by atoms with Crippen LogP contribution in [0.4, 0.5) is 0 Å². The van der Waals surface area contributed by atoms with Crippen LogP contribution < -0.4 is 0 Å². The van der Waals surface area contributed by atoms with Crippen molar-refractivity contribution in [2.75, 3.05) is 6.61 Å². The van der Waals surface area contributed by atoms with Gasteiger partial charge in [0, 0.05) is 11.1 Å². The predicted molar refractivity (Wildman–Crippen MR) is 108 cm³/mol. The van der Waals surface area contributed by atoms with Crippen molar-refractivity contribution in [2.24, 2.45) is 5.92 Å². The molecular weight excluding hydrogens is 499 g/mol. The first-order valence-corrected chi connectivity index (χ1v) is 9.57. The molecule has 130 valence electrons. The van der Waals surface area contributed by atoms with Gasteiger partial charge in [0.25, 0.3) is 0 Å². The van der Waals surface area contributed by atoms with E-state index in [0.717, 1.165) is 15.6 Å². The van der Waals surface area contributed by atoms with Crippen molar-refractivity contribution in [3.8, 4) is 12.3 Å². The molecule has 0 bridgehead atoms. The van der Waals surface area contributed by atoms with E-state index in [9.17, 15) is 14.7 Å². The van der Waals surface area contributed by atoms with Crippen molar-refractivity contribution in [2.45, 2.75) is 16.4 Å². The molecule has 0 heterocycles. The second-order valence-corrected chi connectivity index (χ2v) is 7.46. The number of carbonyl (C=O) groups excluding carboxylic acids is 1. The van der Waals surface area contributed by atoms with Gasteiger partial charge in [0.05, 0.1) is 9.84 Å². The second-order valence-electron chi connectivity index (χ2n) is 5.36. The lowest BCUT2D eigenvalue weighted by molar-refractivity contribution is -0.158.